The van der Waals surface area contributed by atoms with E-state index in [9.17, 15) is 22.0 Å². The standard InChI is InChI=1S/C13H14ClF2NO3S/c1-8(11-3-2-10(15)5-12(11)16)17-6-9(4-13(17)18)7-21(14,19)20/h2-3,5,8-9H,4,6-7H2,1H3. The van der Waals surface area contributed by atoms with Crippen LogP contribution in [-0.4, -0.2) is 31.5 Å². The fourth-order valence-electron chi connectivity index (χ4n) is 2.58. The van der Waals surface area contributed by atoms with Gasteiger partial charge in [0.1, 0.15) is 11.6 Å². The van der Waals surface area contributed by atoms with Crippen molar-refractivity contribution in [2.24, 2.45) is 5.92 Å². The van der Waals surface area contributed by atoms with Crippen molar-refractivity contribution in [2.75, 3.05) is 12.3 Å². The smallest absolute Gasteiger partial charge is 0.232 e. The molecule has 1 aromatic rings. The lowest BCUT2D eigenvalue weighted by atomic mass is 10.1. The Hall–Kier alpha value is -1.21. The van der Waals surface area contributed by atoms with Crippen LogP contribution in [0.2, 0.25) is 0 Å². The minimum Gasteiger partial charge on any atom is -0.335 e. The first kappa shape index (κ1) is 16.2. The topological polar surface area (TPSA) is 54.5 Å². The maximum Gasteiger partial charge on any atom is 0.232 e. The van der Waals surface area contributed by atoms with E-state index in [0.717, 1.165) is 12.1 Å². The lowest BCUT2D eigenvalue weighted by molar-refractivity contribution is -0.129. The monoisotopic (exact) mass is 337 g/mol. The number of nitrogens with zero attached hydrogens (tertiary/aromatic N) is 1. The van der Waals surface area contributed by atoms with Gasteiger partial charge in [-0.3, -0.25) is 4.79 Å². The first-order valence-electron chi connectivity index (χ1n) is 6.34. The molecule has 116 valence electrons. The number of likely N-dealkylation sites (tertiary alicyclic amines) is 1. The highest BCUT2D eigenvalue weighted by molar-refractivity contribution is 8.13. The second-order valence-electron chi connectivity index (χ2n) is 5.16. The van der Waals surface area contributed by atoms with Crippen molar-refractivity contribution in [3.63, 3.8) is 0 Å². The van der Waals surface area contributed by atoms with Crippen LogP contribution in [-0.2, 0) is 13.8 Å². The Morgan fingerprint density at radius 1 is 1.43 bits per heavy atom. The molecular formula is C13H14ClF2NO3S. The van der Waals surface area contributed by atoms with Gasteiger partial charge in [-0.15, -0.1) is 0 Å². The quantitative estimate of drug-likeness (QED) is 0.793. The fourth-order valence-corrected chi connectivity index (χ4v) is 3.91. The second-order valence-corrected chi connectivity index (χ2v) is 7.99. The summed E-state index contributed by atoms with van der Waals surface area (Å²) in [5.41, 5.74) is 0.194. The molecule has 1 heterocycles. The zero-order valence-corrected chi connectivity index (χ0v) is 12.8. The molecule has 2 rings (SSSR count). The average Bonchev–Trinajstić information content (AvgIpc) is 2.66. The molecule has 1 aliphatic heterocycles. The van der Waals surface area contributed by atoms with Gasteiger partial charge in [-0.25, -0.2) is 17.2 Å². The minimum atomic E-state index is -3.69. The summed E-state index contributed by atoms with van der Waals surface area (Å²) in [6.07, 6.45) is 0.0547. The van der Waals surface area contributed by atoms with Crippen molar-refractivity contribution >= 4 is 25.6 Å². The molecule has 0 N–H and O–H groups in total. The molecule has 1 fully saturated rings. The van der Waals surface area contributed by atoms with Crippen LogP contribution in [0.25, 0.3) is 0 Å². The summed E-state index contributed by atoms with van der Waals surface area (Å²) in [7, 11) is 1.50. The molecule has 1 saturated heterocycles. The molecule has 0 saturated carbocycles. The largest absolute Gasteiger partial charge is 0.335 e. The molecule has 1 amide bonds. The Labute approximate surface area is 126 Å². The molecule has 2 atom stereocenters. The van der Waals surface area contributed by atoms with Crippen LogP contribution >= 0.6 is 10.7 Å². The van der Waals surface area contributed by atoms with Gasteiger partial charge in [0, 0.05) is 41.2 Å². The summed E-state index contributed by atoms with van der Waals surface area (Å²) in [6, 6.07) is 2.57. The third kappa shape index (κ3) is 3.91. The Morgan fingerprint density at radius 3 is 2.67 bits per heavy atom. The van der Waals surface area contributed by atoms with Crippen LogP contribution in [0.1, 0.15) is 24.9 Å². The van der Waals surface area contributed by atoms with Crippen molar-refractivity contribution in [1.82, 2.24) is 4.90 Å². The molecule has 1 aromatic carbocycles. The molecule has 0 radical (unpaired) electrons. The lowest BCUT2D eigenvalue weighted by Crippen LogP contribution is -2.29. The zero-order valence-electron chi connectivity index (χ0n) is 11.2. The number of rotatable bonds is 4. The number of carbonyl (C=O) groups is 1. The van der Waals surface area contributed by atoms with Crippen LogP contribution in [0.4, 0.5) is 8.78 Å². The van der Waals surface area contributed by atoms with Crippen LogP contribution in [0.15, 0.2) is 18.2 Å². The van der Waals surface area contributed by atoms with Crippen molar-refractivity contribution < 1.29 is 22.0 Å². The second kappa shape index (κ2) is 5.88. The maximum absolute atomic E-state index is 13.8. The summed E-state index contributed by atoms with van der Waals surface area (Å²) in [4.78, 5) is 13.3. The normalized spacial score (nSPS) is 20.9. The van der Waals surface area contributed by atoms with E-state index in [1.54, 1.807) is 6.92 Å². The number of benzene rings is 1. The van der Waals surface area contributed by atoms with E-state index in [4.69, 9.17) is 10.7 Å². The van der Waals surface area contributed by atoms with Gasteiger partial charge in [-0.05, 0) is 13.0 Å². The minimum absolute atomic E-state index is 0.0547. The summed E-state index contributed by atoms with van der Waals surface area (Å²) >= 11 is 0. The number of carbonyl (C=O) groups excluding carboxylic acids is 1. The summed E-state index contributed by atoms with van der Waals surface area (Å²) in [6.45, 7) is 1.80. The predicted octanol–water partition coefficient (Wildman–Crippen LogP) is 2.44. The maximum atomic E-state index is 13.8. The van der Waals surface area contributed by atoms with Gasteiger partial charge in [0.15, 0.2) is 0 Å². The van der Waals surface area contributed by atoms with E-state index in [1.165, 1.54) is 11.0 Å². The van der Waals surface area contributed by atoms with Gasteiger partial charge in [0.05, 0.1) is 11.8 Å². The number of amides is 1. The number of hydrogen-bond donors (Lipinski definition) is 0. The molecule has 0 bridgehead atoms. The molecule has 2 unspecified atom stereocenters. The Kier molecular flexibility index (Phi) is 4.53. The summed E-state index contributed by atoms with van der Waals surface area (Å²) in [5.74, 6) is -2.40. The molecule has 4 nitrogen and oxygen atoms in total. The van der Waals surface area contributed by atoms with Gasteiger partial charge in [0.2, 0.25) is 15.0 Å². The summed E-state index contributed by atoms with van der Waals surface area (Å²) < 4.78 is 48.8. The molecule has 0 spiro atoms. The third-order valence-electron chi connectivity index (χ3n) is 3.55. The average molecular weight is 338 g/mol. The predicted molar refractivity (Wildman–Crippen MR) is 74.2 cm³/mol. The first-order chi connectivity index (χ1) is 9.67. The van der Waals surface area contributed by atoms with Crippen LogP contribution in [0.3, 0.4) is 0 Å². The molecule has 8 heteroatoms. The fraction of sp³-hybridized carbons (Fsp3) is 0.462. The van der Waals surface area contributed by atoms with Gasteiger partial charge in [-0.1, -0.05) is 6.07 Å². The van der Waals surface area contributed by atoms with E-state index < -0.39 is 32.6 Å². The number of halogens is 3. The molecule has 0 aromatic heterocycles. The SMILES string of the molecule is CC(c1ccc(F)cc1F)N1CC(CS(=O)(=O)Cl)CC1=O. The Balaban J connectivity index is 2.16. The van der Waals surface area contributed by atoms with E-state index in [2.05, 4.69) is 0 Å². The van der Waals surface area contributed by atoms with Crippen molar-refractivity contribution in [3.8, 4) is 0 Å². The Morgan fingerprint density at radius 2 is 2.10 bits per heavy atom. The van der Waals surface area contributed by atoms with Crippen LogP contribution in [0, 0.1) is 17.6 Å². The Bertz CT molecular complexity index is 665. The highest BCUT2D eigenvalue weighted by Gasteiger charge is 2.35. The third-order valence-corrected chi connectivity index (χ3v) is 4.80. The van der Waals surface area contributed by atoms with Crippen molar-refractivity contribution in [1.29, 1.82) is 0 Å². The van der Waals surface area contributed by atoms with E-state index in [1.807, 2.05) is 0 Å². The molecular weight excluding hydrogens is 324 g/mol. The van der Waals surface area contributed by atoms with E-state index in [-0.39, 0.29) is 30.2 Å². The highest BCUT2D eigenvalue weighted by atomic mass is 35.7. The molecule has 0 aliphatic carbocycles. The molecule has 1 aliphatic rings. The number of hydrogen-bond acceptors (Lipinski definition) is 3. The molecule has 21 heavy (non-hydrogen) atoms. The van der Waals surface area contributed by atoms with Crippen LogP contribution in [0.5, 0.6) is 0 Å². The first-order valence-corrected chi connectivity index (χ1v) is 8.82. The van der Waals surface area contributed by atoms with Gasteiger partial charge >= 0.3 is 0 Å². The van der Waals surface area contributed by atoms with Gasteiger partial charge in [0.25, 0.3) is 0 Å². The zero-order chi connectivity index (χ0) is 15.8. The van der Waals surface area contributed by atoms with Crippen LogP contribution < -0.4 is 0 Å². The van der Waals surface area contributed by atoms with E-state index in [0.29, 0.717) is 0 Å². The van der Waals surface area contributed by atoms with Gasteiger partial charge < -0.3 is 4.90 Å². The van der Waals surface area contributed by atoms with Gasteiger partial charge in [-0.2, -0.15) is 0 Å². The van der Waals surface area contributed by atoms with Crippen molar-refractivity contribution in [2.45, 2.75) is 19.4 Å². The van der Waals surface area contributed by atoms with E-state index >= 15 is 0 Å². The highest BCUT2D eigenvalue weighted by Crippen LogP contribution is 2.31. The summed E-state index contributed by atoms with van der Waals surface area (Å²) in [5, 5.41) is 0. The van der Waals surface area contributed by atoms with Crippen molar-refractivity contribution in [3.05, 3.63) is 35.4 Å². The lowest BCUT2D eigenvalue weighted by Gasteiger charge is -2.25.